The summed E-state index contributed by atoms with van der Waals surface area (Å²) in [5, 5.41) is 23.7. The van der Waals surface area contributed by atoms with Crippen LogP contribution in [0, 0.1) is 0 Å². The zero-order valence-electron chi connectivity index (χ0n) is 10.8. The van der Waals surface area contributed by atoms with Gasteiger partial charge in [-0.15, -0.1) is 11.8 Å². The van der Waals surface area contributed by atoms with Gasteiger partial charge >= 0.3 is 0 Å². The summed E-state index contributed by atoms with van der Waals surface area (Å²) in [5.74, 6) is 3.15. The number of hydrogen-bond acceptors (Lipinski definition) is 7. The van der Waals surface area contributed by atoms with Crippen LogP contribution < -0.4 is 0 Å². The lowest BCUT2D eigenvalue weighted by Gasteiger charge is -2.24. The van der Waals surface area contributed by atoms with E-state index in [0.717, 1.165) is 11.5 Å². The molecular weight excluding hydrogens is 296 g/mol. The largest absolute Gasteiger partial charge is 0.508 e. The van der Waals surface area contributed by atoms with Crippen LogP contribution in [0.3, 0.4) is 0 Å². The Labute approximate surface area is 124 Å². The van der Waals surface area contributed by atoms with Crippen molar-refractivity contribution in [3.63, 3.8) is 0 Å². The lowest BCUT2D eigenvalue weighted by atomic mass is 10.2. The van der Waals surface area contributed by atoms with Crippen molar-refractivity contribution in [1.29, 1.82) is 0 Å². The smallest absolute Gasteiger partial charge is 0.258 e. The molecule has 1 aliphatic rings. The molecule has 1 aromatic carbocycles. The maximum Gasteiger partial charge on any atom is 0.258 e. The highest BCUT2D eigenvalue weighted by Crippen LogP contribution is 2.41. The zero-order chi connectivity index (χ0) is 14.1. The molecule has 0 saturated carbocycles. The van der Waals surface area contributed by atoms with E-state index >= 15 is 0 Å². The summed E-state index contributed by atoms with van der Waals surface area (Å²) in [4.78, 5) is 4.40. The van der Waals surface area contributed by atoms with Gasteiger partial charge in [0.25, 0.3) is 5.89 Å². The number of rotatable bonds is 2. The summed E-state index contributed by atoms with van der Waals surface area (Å²) in [7, 11) is 0. The monoisotopic (exact) mass is 310 g/mol. The Hall–Kier alpha value is -1.34. The number of aromatic nitrogens is 2. The average molecular weight is 310 g/mol. The van der Waals surface area contributed by atoms with Crippen LogP contribution >= 0.6 is 23.5 Å². The average Bonchev–Trinajstić information content (AvgIpc) is 2.87. The van der Waals surface area contributed by atoms with Gasteiger partial charge in [-0.3, -0.25) is 0 Å². The molecule has 1 aromatic heterocycles. The molecule has 7 heteroatoms. The van der Waals surface area contributed by atoms with E-state index < -0.39 is 0 Å². The minimum atomic E-state index is -0.0317. The highest BCUT2D eigenvalue weighted by molar-refractivity contribution is 8.06. The fourth-order valence-corrected chi connectivity index (χ4v) is 4.78. The molecule has 20 heavy (non-hydrogen) atoms. The van der Waals surface area contributed by atoms with Gasteiger partial charge in [0.1, 0.15) is 11.5 Å². The Bertz CT molecular complexity index is 597. The van der Waals surface area contributed by atoms with Gasteiger partial charge in [-0.2, -0.15) is 16.7 Å². The van der Waals surface area contributed by atoms with Crippen LogP contribution in [-0.2, 0) is 0 Å². The van der Waals surface area contributed by atoms with E-state index in [2.05, 4.69) is 17.1 Å². The standard InChI is InChI=1S/C13H14N2O3S2/c1-7-11(20-3-2-19-7)12-14-13(18-15-12)8-4-9(16)6-10(17)5-8/h4-7,11,16-17H,2-3H2,1H3. The van der Waals surface area contributed by atoms with Crippen LogP contribution in [-0.4, -0.2) is 37.1 Å². The van der Waals surface area contributed by atoms with Crippen LogP contribution in [0.15, 0.2) is 22.7 Å². The molecule has 2 unspecified atom stereocenters. The van der Waals surface area contributed by atoms with Crippen molar-refractivity contribution in [3.8, 4) is 23.0 Å². The second-order valence-electron chi connectivity index (χ2n) is 4.56. The Balaban J connectivity index is 1.89. The lowest BCUT2D eigenvalue weighted by Crippen LogP contribution is -2.16. The molecule has 0 aliphatic carbocycles. The van der Waals surface area contributed by atoms with Gasteiger partial charge in [0.05, 0.1) is 5.25 Å². The number of phenols is 2. The number of hydrogen-bond donors (Lipinski definition) is 2. The Morgan fingerprint density at radius 1 is 1.15 bits per heavy atom. The zero-order valence-corrected chi connectivity index (χ0v) is 12.4. The van der Waals surface area contributed by atoms with Crippen LogP contribution in [0.2, 0.25) is 0 Å². The summed E-state index contributed by atoms with van der Waals surface area (Å²) in [5.41, 5.74) is 0.516. The molecule has 0 spiro atoms. The van der Waals surface area contributed by atoms with Gasteiger partial charge in [0.15, 0.2) is 5.82 Å². The van der Waals surface area contributed by atoms with Gasteiger partial charge in [0, 0.05) is 28.4 Å². The number of thioether (sulfide) groups is 2. The molecule has 3 rings (SSSR count). The van der Waals surface area contributed by atoms with Gasteiger partial charge in [-0.1, -0.05) is 12.1 Å². The van der Waals surface area contributed by atoms with E-state index in [1.807, 2.05) is 23.5 Å². The van der Waals surface area contributed by atoms with Gasteiger partial charge in [-0.25, -0.2) is 0 Å². The van der Waals surface area contributed by atoms with Crippen molar-refractivity contribution in [2.75, 3.05) is 11.5 Å². The molecule has 5 nitrogen and oxygen atoms in total. The van der Waals surface area contributed by atoms with Crippen molar-refractivity contribution >= 4 is 23.5 Å². The van der Waals surface area contributed by atoms with Crippen LogP contribution in [0.1, 0.15) is 18.0 Å². The molecule has 1 saturated heterocycles. The van der Waals surface area contributed by atoms with Crippen molar-refractivity contribution in [2.24, 2.45) is 0 Å². The summed E-state index contributed by atoms with van der Waals surface area (Å²) in [6.45, 7) is 2.16. The first-order chi connectivity index (χ1) is 9.63. The molecule has 0 bridgehead atoms. The highest BCUT2D eigenvalue weighted by atomic mass is 32.2. The van der Waals surface area contributed by atoms with E-state index in [0.29, 0.717) is 22.5 Å². The number of aromatic hydroxyl groups is 2. The third-order valence-electron chi connectivity index (χ3n) is 3.03. The predicted octanol–water partition coefficient (Wildman–Crippen LogP) is 3.06. The van der Waals surface area contributed by atoms with Gasteiger partial charge < -0.3 is 14.7 Å². The molecule has 0 amide bonds. The maximum atomic E-state index is 9.50. The number of benzene rings is 1. The van der Waals surface area contributed by atoms with Crippen molar-refractivity contribution in [2.45, 2.75) is 17.4 Å². The molecule has 1 aliphatic heterocycles. The predicted molar refractivity (Wildman–Crippen MR) is 80.2 cm³/mol. The third-order valence-corrected chi connectivity index (χ3v) is 6.12. The van der Waals surface area contributed by atoms with E-state index in [4.69, 9.17) is 4.52 Å². The summed E-state index contributed by atoms with van der Waals surface area (Å²) < 4.78 is 5.26. The Morgan fingerprint density at radius 2 is 1.85 bits per heavy atom. The molecule has 2 heterocycles. The van der Waals surface area contributed by atoms with Crippen molar-refractivity contribution in [3.05, 3.63) is 24.0 Å². The first kappa shape index (κ1) is 13.6. The lowest BCUT2D eigenvalue weighted by molar-refractivity contribution is 0.419. The van der Waals surface area contributed by atoms with E-state index in [1.54, 1.807) is 0 Å². The molecule has 2 atom stereocenters. The third kappa shape index (κ3) is 2.73. The second-order valence-corrected chi connectivity index (χ2v) is 7.30. The van der Waals surface area contributed by atoms with Crippen molar-refractivity contribution in [1.82, 2.24) is 10.1 Å². The van der Waals surface area contributed by atoms with E-state index in [1.165, 1.54) is 18.2 Å². The summed E-state index contributed by atoms with van der Waals surface area (Å²) >= 11 is 3.74. The van der Waals surface area contributed by atoms with Crippen molar-refractivity contribution < 1.29 is 14.7 Å². The Kier molecular flexibility index (Phi) is 3.80. The minimum absolute atomic E-state index is 0.0317. The molecule has 1 fully saturated rings. The van der Waals surface area contributed by atoms with Gasteiger partial charge in [-0.05, 0) is 12.1 Å². The molecule has 2 N–H and O–H groups in total. The quantitative estimate of drug-likeness (QED) is 0.882. The minimum Gasteiger partial charge on any atom is -0.508 e. The first-order valence-corrected chi connectivity index (χ1v) is 8.33. The fourth-order valence-electron chi connectivity index (χ4n) is 2.10. The molecule has 0 radical (unpaired) electrons. The summed E-state index contributed by atoms with van der Waals surface area (Å²) in [6.07, 6.45) is 0. The molecular formula is C13H14N2O3S2. The Morgan fingerprint density at radius 3 is 2.55 bits per heavy atom. The van der Waals surface area contributed by atoms with E-state index in [-0.39, 0.29) is 16.7 Å². The highest BCUT2D eigenvalue weighted by Gasteiger charge is 2.28. The van der Waals surface area contributed by atoms with Crippen LogP contribution in [0.25, 0.3) is 11.5 Å². The maximum absolute atomic E-state index is 9.50. The van der Waals surface area contributed by atoms with Crippen LogP contribution in [0.4, 0.5) is 0 Å². The summed E-state index contributed by atoms with van der Waals surface area (Å²) in [6, 6.07) is 4.24. The van der Waals surface area contributed by atoms with Crippen LogP contribution in [0.5, 0.6) is 11.5 Å². The molecule has 106 valence electrons. The van der Waals surface area contributed by atoms with E-state index in [9.17, 15) is 10.2 Å². The van der Waals surface area contributed by atoms with Gasteiger partial charge in [0.2, 0.25) is 0 Å². The number of phenolic OH excluding ortho intramolecular Hbond substituents is 2. The normalized spacial score (nSPS) is 22.9. The first-order valence-electron chi connectivity index (χ1n) is 6.23. The SMILES string of the molecule is CC1SCCSC1c1noc(-c2cc(O)cc(O)c2)n1. The fraction of sp³-hybridized carbons (Fsp3) is 0.385. The number of nitrogens with zero attached hydrogens (tertiary/aromatic N) is 2. The molecule has 2 aromatic rings. The topological polar surface area (TPSA) is 79.4 Å². The second kappa shape index (κ2) is 5.57.